The van der Waals surface area contributed by atoms with Crippen LogP contribution in [0.5, 0.6) is 0 Å². The molecule has 154 valence electrons. The van der Waals surface area contributed by atoms with Crippen LogP contribution in [0.1, 0.15) is 39.2 Å². The maximum atomic E-state index is 14.3. The van der Waals surface area contributed by atoms with E-state index in [0.717, 1.165) is 0 Å². The number of nitriles is 1. The number of Topliss-reactive ketones (excluding diaryl/α,β-unsaturated/α-hetero) is 1. The lowest BCUT2D eigenvalue weighted by atomic mass is 9.84. The first-order chi connectivity index (χ1) is 14.4. The molecule has 2 heterocycles. The Morgan fingerprint density at radius 2 is 2.27 bits per heavy atom. The van der Waals surface area contributed by atoms with Crippen molar-refractivity contribution in [2.45, 2.75) is 31.1 Å². The molecule has 2 aromatic rings. The summed E-state index contributed by atoms with van der Waals surface area (Å²) in [6.45, 7) is -1.21. The van der Waals surface area contributed by atoms with E-state index < -0.39 is 18.8 Å². The van der Waals surface area contributed by atoms with E-state index in [2.05, 4.69) is 9.98 Å². The zero-order chi connectivity index (χ0) is 21.5. The molecule has 3 N–H and O–H groups in total. The van der Waals surface area contributed by atoms with E-state index in [0.29, 0.717) is 22.6 Å². The zero-order valence-electron chi connectivity index (χ0n) is 15.8. The number of hydrogen-bond donors (Lipinski definition) is 2. The maximum Gasteiger partial charge on any atom is 0.283 e. The molecule has 1 fully saturated rings. The van der Waals surface area contributed by atoms with Crippen molar-refractivity contribution in [3.63, 3.8) is 0 Å². The Balaban J connectivity index is 1.67. The molecule has 9 heteroatoms. The molecule has 30 heavy (non-hydrogen) atoms. The minimum absolute atomic E-state index is 0.0395. The molecule has 0 spiro atoms. The van der Waals surface area contributed by atoms with Crippen LogP contribution in [0.2, 0.25) is 5.02 Å². The van der Waals surface area contributed by atoms with Gasteiger partial charge in [0.25, 0.3) is 6.02 Å². The standard InChI is InChI=1S/C21H18ClFN4O3/c22-16-2-1-11(5-17(29)19-13(9-28)3-12(7-24)8-26-19)4-14(16)21(10-23)15-6-18(15)30-20(25)27-21/h1-4,8,15,18,28H,5-6,9-10H2,(H2,25,27)/t15-,18+,21+/m0/s1. The van der Waals surface area contributed by atoms with Crippen LogP contribution < -0.4 is 5.73 Å². The summed E-state index contributed by atoms with van der Waals surface area (Å²) in [5.41, 5.74) is 6.19. The number of aliphatic hydroxyl groups excluding tert-OH is 1. The van der Waals surface area contributed by atoms with Crippen LogP contribution in [0.15, 0.2) is 35.5 Å². The molecule has 2 aliphatic rings. The van der Waals surface area contributed by atoms with E-state index in [1.807, 2.05) is 6.07 Å². The predicted molar refractivity (Wildman–Crippen MR) is 107 cm³/mol. The van der Waals surface area contributed by atoms with Gasteiger partial charge in [-0.2, -0.15) is 5.26 Å². The Morgan fingerprint density at radius 3 is 2.97 bits per heavy atom. The molecule has 1 saturated carbocycles. The summed E-state index contributed by atoms with van der Waals surface area (Å²) >= 11 is 6.39. The summed E-state index contributed by atoms with van der Waals surface area (Å²) < 4.78 is 19.7. The molecule has 3 atom stereocenters. The fourth-order valence-corrected chi connectivity index (χ4v) is 4.23. The van der Waals surface area contributed by atoms with E-state index in [4.69, 9.17) is 27.3 Å². The summed E-state index contributed by atoms with van der Waals surface area (Å²) in [6, 6.07) is 8.23. The number of nitrogens with two attached hydrogens (primary N) is 1. The number of aliphatic imine (C=N–C) groups is 1. The Hall–Kier alpha value is -3.02. The van der Waals surface area contributed by atoms with Crippen molar-refractivity contribution < 1.29 is 19.0 Å². The van der Waals surface area contributed by atoms with Crippen LogP contribution in [-0.4, -0.2) is 34.7 Å². The molecule has 1 aliphatic carbocycles. The number of amidine groups is 1. The molecule has 1 aliphatic heterocycles. The summed E-state index contributed by atoms with van der Waals surface area (Å²) in [6.07, 6.45) is 1.68. The maximum absolute atomic E-state index is 14.3. The van der Waals surface area contributed by atoms with E-state index >= 15 is 0 Å². The van der Waals surface area contributed by atoms with Gasteiger partial charge >= 0.3 is 0 Å². The number of halogens is 2. The minimum Gasteiger partial charge on any atom is -0.462 e. The van der Waals surface area contributed by atoms with Crippen LogP contribution in [-0.2, 0) is 23.3 Å². The van der Waals surface area contributed by atoms with Crippen molar-refractivity contribution in [1.82, 2.24) is 4.98 Å². The van der Waals surface area contributed by atoms with Gasteiger partial charge in [0.05, 0.1) is 12.2 Å². The molecule has 0 unspecified atom stereocenters. The van der Waals surface area contributed by atoms with Gasteiger partial charge in [-0.25, -0.2) is 9.38 Å². The normalized spacial score (nSPS) is 24.3. The van der Waals surface area contributed by atoms with Gasteiger partial charge in [-0.15, -0.1) is 0 Å². The lowest BCUT2D eigenvalue weighted by molar-refractivity contribution is 0.0984. The summed E-state index contributed by atoms with van der Waals surface area (Å²) in [4.78, 5) is 21.1. The molecule has 0 bridgehead atoms. The van der Waals surface area contributed by atoms with Gasteiger partial charge in [0, 0.05) is 34.7 Å². The fraction of sp³-hybridized carbons (Fsp3) is 0.333. The van der Waals surface area contributed by atoms with Gasteiger partial charge in [-0.3, -0.25) is 9.78 Å². The number of aliphatic hydroxyl groups is 1. The lowest BCUT2D eigenvalue weighted by Crippen LogP contribution is -2.39. The highest BCUT2D eigenvalue weighted by atomic mass is 35.5. The smallest absolute Gasteiger partial charge is 0.283 e. The number of carbonyl (C=O) groups is 1. The van der Waals surface area contributed by atoms with Crippen LogP contribution in [0.4, 0.5) is 4.39 Å². The monoisotopic (exact) mass is 428 g/mol. The Labute approximate surface area is 177 Å². The first-order valence-electron chi connectivity index (χ1n) is 9.31. The minimum atomic E-state index is -1.23. The molecule has 7 nitrogen and oxygen atoms in total. The van der Waals surface area contributed by atoms with E-state index in [9.17, 15) is 14.3 Å². The Kier molecular flexibility index (Phi) is 5.18. The quantitative estimate of drug-likeness (QED) is 0.681. The number of nitrogens with zero attached hydrogens (tertiary/aromatic N) is 3. The number of pyridine rings is 1. The average Bonchev–Trinajstić information content (AvgIpc) is 3.53. The van der Waals surface area contributed by atoms with E-state index in [1.54, 1.807) is 18.2 Å². The number of alkyl halides is 1. The van der Waals surface area contributed by atoms with Gasteiger partial charge in [-0.05, 0) is 24.1 Å². The number of hydrogen-bond acceptors (Lipinski definition) is 7. The number of fused-ring (bicyclic) bond motifs is 1. The van der Waals surface area contributed by atoms with Crippen LogP contribution in [0, 0.1) is 17.2 Å². The highest BCUT2D eigenvalue weighted by Crippen LogP contribution is 2.54. The molecule has 4 rings (SSSR count). The number of ether oxygens (including phenoxy) is 1. The largest absolute Gasteiger partial charge is 0.462 e. The lowest BCUT2D eigenvalue weighted by Gasteiger charge is -2.32. The molecule has 0 amide bonds. The van der Waals surface area contributed by atoms with Crippen LogP contribution >= 0.6 is 11.6 Å². The van der Waals surface area contributed by atoms with Gasteiger partial charge in [-0.1, -0.05) is 23.7 Å². The Bertz CT molecular complexity index is 1100. The van der Waals surface area contributed by atoms with E-state index in [1.165, 1.54) is 12.3 Å². The number of carbonyl (C=O) groups excluding carboxylic acids is 1. The van der Waals surface area contributed by atoms with Gasteiger partial charge in [0.2, 0.25) is 0 Å². The topological polar surface area (TPSA) is 122 Å². The Morgan fingerprint density at radius 1 is 1.47 bits per heavy atom. The second-order valence-electron chi connectivity index (χ2n) is 7.42. The zero-order valence-corrected chi connectivity index (χ0v) is 16.6. The highest BCUT2D eigenvalue weighted by molar-refractivity contribution is 6.31. The van der Waals surface area contributed by atoms with Crippen molar-refractivity contribution >= 4 is 23.4 Å². The molecule has 1 aromatic heterocycles. The number of ketones is 1. The molecular weight excluding hydrogens is 411 g/mol. The third-order valence-corrected chi connectivity index (χ3v) is 5.85. The number of aromatic nitrogens is 1. The predicted octanol–water partition coefficient (Wildman–Crippen LogP) is 2.42. The third-order valence-electron chi connectivity index (χ3n) is 5.52. The first kappa shape index (κ1) is 20.3. The van der Waals surface area contributed by atoms with Crippen LogP contribution in [0.25, 0.3) is 0 Å². The van der Waals surface area contributed by atoms with Gasteiger partial charge < -0.3 is 15.6 Å². The van der Waals surface area contributed by atoms with Crippen molar-refractivity contribution in [3.05, 3.63) is 63.4 Å². The molecular formula is C21H18ClFN4O3. The highest BCUT2D eigenvalue weighted by Gasteiger charge is 2.59. The van der Waals surface area contributed by atoms with Crippen molar-refractivity contribution in [1.29, 1.82) is 5.26 Å². The van der Waals surface area contributed by atoms with Crippen molar-refractivity contribution in [2.75, 3.05) is 6.67 Å². The van der Waals surface area contributed by atoms with Crippen molar-refractivity contribution in [2.24, 2.45) is 16.6 Å². The van der Waals surface area contributed by atoms with Gasteiger partial charge in [0.15, 0.2) is 5.78 Å². The van der Waals surface area contributed by atoms with Crippen molar-refractivity contribution in [3.8, 4) is 6.07 Å². The SMILES string of the molecule is N#Cc1cnc(C(=O)Cc2ccc(Cl)c([C@@]3(CF)N=C(N)O[C@@H]4C[C@@H]43)c2)c(CO)c1. The molecule has 1 aromatic carbocycles. The number of rotatable bonds is 6. The summed E-state index contributed by atoms with van der Waals surface area (Å²) in [5, 5.41) is 18.8. The second kappa shape index (κ2) is 7.67. The second-order valence-corrected chi connectivity index (χ2v) is 7.83. The van der Waals surface area contributed by atoms with Gasteiger partial charge in [0.1, 0.15) is 30.1 Å². The van der Waals surface area contributed by atoms with Crippen LogP contribution in [0.3, 0.4) is 0 Å². The third kappa shape index (κ3) is 3.40. The van der Waals surface area contributed by atoms with E-state index in [-0.39, 0.29) is 47.1 Å². The summed E-state index contributed by atoms with van der Waals surface area (Å²) in [5.74, 6) is -0.509. The summed E-state index contributed by atoms with van der Waals surface area (Å²) in [7, 11) is 0. The number of benzene rings is 1. The first-order valence-corrected chi connectivity index (χ1v) is 9.69. The fourth-order valence-electron chi connectivity index (χ4n) is 3.95. The molecule has 0 radical (unpaired) electrons. The average molecular weight is 429 g/mol. The molecule has 0 saturated heterocycles.